The molecular weight excluding hydrogens is 1040 g/mol. The predicted molar refractivity (Wildman–Crippen MR) is 285 cm³/mol. The number of carbonyl (C=O) groups is 1. The molecule has 24 heteroatoms. The van der Waals surface area contributed by atoms with Crippen molar-refractivity contribution in [3.05, 3.63) is 41.7 Å². The Morgan fingerprint density at radius 2 is 1.58 bits per heavy atom. The van der Waals surface area contributed by atoms with E-state index < -0.39 is 136 Å². The summed E-state index contributed by atoms with van der Waals surface area (Å²) in [5.41, 5.74) is -2.80. The van der Waals surface area contributed by atoms with Crippen LogP contribution in [0.2, 0.25) is 0 Å². The molecule has 3 aliphatic heterocycles. The molecule has 0 bridgehead atoms. The van der Waals surface area contributed by atoms with E-state index in [1.807, 2.05) is 39.6 Å². The van der Waals surface area contributed by atoms with Gasteiger partial charge in [0.25, 0.3) is 0 Å². The second-order valence-electron chi connectivity index (χ2n) is 22.5. The summed E-state index contributed by atoms with van der Waals surface area (Å²) < 4.78 is 82.0. The molecule has 1 aromatic carbocycles. The van der Waals surface area contributed by atoms with Crippen molar-refractivity contribution in [2.45, 2.75) is 203 Å². The topological polar surface area (TPSA) is 291 Å². The lowest BCUT2D eigenvalue weighted by Gasteiger charge is -2.50. The van der Waals surface area contributed by atoms with Crippen LogP contribution in [-0.4, -0.2) is 211 Å². The predicted octanol–water partition coefficient (Wildman–Crippen LogP) is 3.38. The highest BCUT2D eigenvalue weighted by Gasteiger charge is 2.54. The average Bonchev–Trinajstić information content (AvgIpc) is 3.91. The van der Waals surface area contributed by atoms with E-state index in [0.717, 1.165) is 6.26 Å². The van der Waals surface area contributed by atoms with E-state index in [2.05, 4.69) is 15.5 Å². The van der Waals surface area contributed by atoms with Gasteiger partial charge in [-0.05, 0) is 85.5 Å². The molecule has 1 aromatic heterocycles. The summed E-state index contributed by atoms with van der Waals surface area (Å²) in [5.74, 6) is -4.04. The molecule has 0 aliphatic carbocycles. The van der Waals surface area contributed by atoms with Crippen LogP contribution in [0.4, 0.5) is 0 Å². The fourth-order valence-electron chi connectivity index (χ4n) is 11.6. The number of likely N-dealkylation sites (N-methyl/N-ethyl adjacent to an activating group) is 1. The van der Waals surface area contributed by atoms with Gasteiger partial charge in [-0.15, -0.1) is 5.10 Å². The van der Waals surface area contributed by atoms with E-state index in [4.69, 9.17) is 47.5 Å². The average molecular weight is 1130 g/mol. The fraction of sp³-hybridized carbons (Fsp3) is 0.815. The van der Waals surface area contributed by atoms with Crippen LogP contribution in [0, 0.1) is 23.7 Å². The van der Waals surface area contributed by atoms with Gasteiger partial charge in [0.15, 0.2) is 22.4 Å². The molecule has 0 saturated carbocycles. The highest BCUT2D eigenvalue weighted by atomic mass is 32.2. The zero-order valence-electron chi connectivity index (χ0n) is 48.5. The summed E-state index contributed by atoms with van der Waals surface area (Å²) in [7, 11) is 4.42. The van der Waals surface area contributed by atoms with Crippen molar-refractivity contribution in [3.8, 4) is 0 Å². The standard InChI is InChI=1S/C54H91N5O18S/c1-17-41-54(10,65)47(62)32(4)43(56-72-29-68-12)30(2)25-53(9,71-15)49(33(5)45(34(6)50(64)75-41)76-42-26-52(8,70-14)48(63)35(7)74-42)77-51-44(61)39(24-31(3)73-51)58(11)23-22-37-27-59(57-55-37)40(28-60)46(69-13)36-18-20-38(21-19-36)78(16,66)67/h18-21,27,30-35,39-42,44-49,51,60-63,65H,17,22-26,28-29H2,1-16H3/b56-43+/t30-,31-,32+,33+,34-,35+,39+,40-,41-,42+,44-,45+,46-,47-,48+,49-,51+,52-,53-,54-/m1/s1. The maximum atomic E-state index is 14.7. The number of rotatable bonds is 20. The Morgan fingerprint density at radius 3 is 2.15 bits per heavy atom. The quantitative estimate of drug-likeness (QED) is 0.0550. The second kappa shape index (κ2) is 27.6. The maximum Gasteiger partial charge on any atom is 0.311 e. The van der Waals surface area contributed by atoms with Gasteiger partial charge < -0.3 is 77.9 Å². The number of ether oxygens (including phenoxy) is 9. The molecule has 2 aromatic rings. The molecule has 23 nitrogen and oxygen atoms in total. The second-order valence-corrected chi connectivity index (χ2v) is 24.5. The van der Waals surface area contributed by atoms with Gasteiger partial charge in [0.2, 0.25) is 6.79 Å². The molecule has 78 heavy (non-hydrogen) atoms. The minimum atomic E-state index is -3.42. The molecule has 20 atom stereocenters. The number of carbonyl (C=O) groups excluding carboxylic acids is 1. The fourth-order valence-corrected chi connectivity index (χ4v) is 12.3. The number of nitrogens with zero attached hydrogens (tertiary/aromatic N) is 5. The summed E-state index contributed by atoms with van der Waals surface area (Å²) in [5, 5.41) is 71.5. The number of hydrogen-bond donors (Lipinski definition) is 5. The third kappa shape index (κ3) is 15.0. The van der Waals surface area contributed by atoms with E-state index in [-0.39, 0.29) is 37.6 Å². The molecule has 4 heterocycles. The maximum absolute atomic E-state index is 14.7. The van der Waals surface area contributed by atoms with Crippen LogP contribution in [0.3, 0.4) is 0 Å². The van der Waals surface area contributed by atoms with Gasteiger partial charge in [0.1, 0.15) is 36.1 Å². The molecular formula is C54H91N5O18S. The zero-order chi connectivity index (χ0) is 58.2. The molecule has 5 rings (SSSR count). The highest BCUT2D eigenvalue weighted by Crippen LogP contribution is 2.42. The number of sulfone groups is 1. The molecule has 0 radical (unpaired) electrons. The first-order valence-corrected chi connectivity index (χ1v) is 28.9. The minimum Gasteiger partial charge on any atom is -0.459 e. The smallest absolute Gasteiger partial charge is 0.311 e. The minimum absolute atomic E-state index is 0.0765. The van der Waals surface area contributed by atoms with Crippen LogP contribution in [0.1, 0.15) is 118 Å². The molecule has 0 spiro atoms. The van der Waals surface area contributed by atoms with Crippen molar-refractivity contribution >= 4 is 21.5 Å². The number of hydrogen-bond acceptors (Lipinski definition) is 22. The first-order valence-electron chi connectivity index (χ1n) is 27.0. The van der Waals surface area contributed by atoms with Crippen LogP contribution in [0.15, 0.2) is 40.5 Å². The first kappa shape index (κ1) is 65.5. The van der Waals surface area contributed by atoms with Crippen LogP contribution in [0.25, 0.3) is 0 Å². The molecule has 3 fully saturated rings. The van der Waals surface area contributed by atoms with Crippen LogP contribution in [0.5, 0.6) is 0 Å². The number of oxime groups is 1. The number of methoxy groups -OCH3 is 4. The Kier molecular flexibility index (Phi) is 23.2. The van der Waals surface area contributed by atoms with Gasteiger partial charge in [0, 0.05) is 84.1 Å². The number of benzene rings is 1. The van der Waals surface area contributed by atoms with Gasteiger partial charge in [-0.1, -0.05) is 50.2 Å². The summed E-state index contributed by atoms with van der Waals surface area (Å²) >= 11 is 0. The van der Waals surface area contributed by atoms with E-state index in [1.54, 1.807) is 52.9 Å². The monoisotopic (exact) mass is 1130 g/mol. The van der Waals surface area contributed by atoms with Crippen molar-refractivity contribution in [1.82, 2.24) is 19.9 Å². The number of cyclic esters (lactones) is 1. The Labute approximate surface area is 461 Å². The van der Waals surface area contributed by atoms with Gasteiger partial charge in [-0.25, -0.2) is 13.1 Å². The van der Waals surface area contributed by atoms with Crippen molar-refractivity contribution in [3.63, 3.8) is 0 Å². The highest BCUT2D eigenvalue weighted by molar-refractivity contribution is 7.90. The van der Waals surface area contributed by atoms with Crippen molar-refractivity contribution in [2.75, 3.05) is 61.7 Å². The first-order chi connectivity index (χ1) is 36.5. The van der Waals surface area contributed by atoms with Crippen molar-refractivity contribution < 1.29 is 86.2 Å². The van der Waals surface area contributed by atoms with E-state index >= 15 is 0 Å². The lowest BCUT2D eigenvalue weighted by Crippen LogP contribution is -2.61. The Bertz CT molecular complexity index is 2350. The summed E-state index contributed by atoms with van der Waals surface area (Å²) in [6.07, 6.45) is -7.21. The van der Waals surface area contributed by atoms with Gasteiger partial charge in [-0.3, -0.25) is 4.79 Å². The lowest BCUT2D eigenvalue weighted by molar-refractivity contribution is -0.319. The van der Waals surface area contributed by atoms with Crippen LogP contribution in [-0.2, 0) is 68.5 Å². The largest absolute Gasteiger partial charge is 0.459 e. The number of aromatic nitrogens is 3. The normalized spacial score (nSPS) is 38.2. The van der Waals surface area contributed by atoms with E-state index in [9.17, 15) is 38.7 Å². The molecule has 3 aliphatic rings. The van der Waals surface area contributed by atoms with Crippen molar-refractivity contribution in [2.24, 2.45) is 28.8 Å². The number of aliphatic hydroxyl groups is 5. The number of esters is 1. The molecule has 0 unspecified atom stereocenters. The van der Waals surface area contributed by atoms with E-state index in [1.165, 1.54) is 52.2 Å². The third-order valence-electron chi connectivity index (χ3n) is 16.6. The molecule has 5 N–H and O–H groups in total. The third-order valence-corrected chi connectivity index (χ3v) is 17.7. The van der Waals surface area contributed by atoms with Gasteiger partial charge in [-0.2, -0.15) is 0 Å². The Hall–Kier alpha value is -3.31. The van der Waals surface area contributed by atoms with E-state index in [0.29, 0.717) is 36.4 Å². The molecule has 3 saturated heterocycles. The summed E-state index contributed by atoms with van der Waals surface area (Å²) in [6.45, 7) is 17.3. The number of aliphatic hydroxyl groups excluding tert-OH is 4. The zero-order valence-corrected chi connectivity index (χ0v) is 49.4. The SMILES string of the molecule is CC[C@H]1OC(=O)[C@H](C)[C@@H](O[C@H]2C[C@@](C)(OC)[C@@H](O)[C@H](C)O2)[C@H](C)[C@@H](O[C@@H]2O[C@H](C)C[C@H](N(C)CCc3cn([C@H](CO)[C@H](OC)c4ccc(S(C)(=O)=O)cc4)nn3)[C@H]2O)[C@](C)(OC)C[C@@H](C)/C(=N\OCOC)[C@H](C)[C@@H](O)[C@]1(C)O. The Morgan fingerprint density at radius 1 is 0.923 bits per heavy atom. The van der Waals surface area contributed by atoms with Crippen LogP contribution >= 0.6 is 0 Å². The molecule has 0 amide bonds. The Balaban J connectivity index is 1.51. The molecule has 446 valence electrons. The van der Waals surface area contributed by atoms with Crippen molar-refractivity contribution in [1.29, 1.82) is 0 Å². The summed E-state index contributed by atoms with van der Waals surface area (Å²) in [6, 6.07) is 5.07. The van der Waals surface area contributed by atoms with Gasteiger partial charge in [0.05, 0.1) is 70.5 Å². The summed E-state index contributed by atoms with van der Waals surface area (Å²) in [4.78, 5) is 22.4. The van der Waals surface area contributed by atoms with Crippen LogP contribution < -0.4 is 0 Å². The van der Waals surface area contributed by atoms with Gasteiger partial charge >= 0.3 is 5.97 Å². The lowest BCUT2D eigenvalue weighted by atomic mass is 9.73.